The van der Waals surface area contributed by atoms with Crippen LogP contribution in [0.3, 0.4) is 0 Å². The maximum atomic E-state index is 11.5. The fraction of sp³-hybridized carbons (Fsp3) is 0.308. The molecule has 134 valence electrons. The van der Waals surface area contributed by atoms with E-state index in [1.807, 2.05) is 60.7 Å². The highest BCUT2D eigenvalue weighted by Crippen LogP contribution is 2.66. The van der Waals surface area contributed by atoms with E-state index in [4.69, 9.17) is 0 Å². The molecule has 0 heterocycles. The van der Waals surface area contributed by atoms with Crippen LogP contribution >= 0.6 is 0 Å². The summed E-state index contributed by atoms with van der Waals surface area (Å²) in [6.07, 6.45) is 4.61. The van der Waals surface area contributed by atoms with Gasteiger partial charge < -0.3 is 5.11 Å². The Morgan fingerprint density at radius 3 is 2.00 bits per heavy atom. The van der Waals surface area contributed by atoms with Crippen LogP contribution in [0, 0.1) is 34.5 Å². The molecule has 0 aromatic heterocycles. The average Bonchev–Trinajstić information content (AvgIpc) is 3.07. The fourth-order valence-electron chi connectivity index (χ4n) is 4.54. The lowest BCUT2D eigenvalue weighted by molar-refractivity contribution is -0.0293. The Morgan fingerprint density at radius 2 is 1.37 bits per heavy atom. The molecule has 1 saturated carbocycles. The van der Waals surface area contributed by atoms with E-state index >= 15 is 0 Å². The van der Waals surface area contributed by atoms with Crippen molar-refractivity contribution in [3.05, 3.63) is 83.4 Å². The molecule has 1 nitrogen and oxygen atoms in total. The molecule has 3 atom stereocenters. The standard InChI is InChI=1S/C26H24O/c1-24-19-20-26(27,18-15-22-11-7-4-8-12-22)25(24,2)17-16-23(24)14-13-21-9-5-3-6-10-21/h3-12,16,27H,17,19-20H2,1-2H3. The van der Waals surface area contributed by atoms with Gasteiger partial charge in [0.25, 0.3) is 0 Å². The highest BCUT2D eigenvalue weighted by atomic mass is 16.3. The van der Waals surface area contributed by atoms with Crippen LogP contribution in [0.1, 0.15) is 44.2 Å². The van der Waals surface area contributed by atoms with Crippen molar-refractivity contribution >= 4 is 0 Å². The molecule has 2 aromatic rings. The number of rotatable bonds is 0. The zero-order valence-electron chi connectivity index (χ0n) is 15.9. The summed E-state index contributed by atoms with van der Waals surface area (Å²) in [5.41, 5.74) is 1.65. The van der Waals surface area contributed by atoms with Gasteiger partial charge in [0.15, 0.2) is 0 Å². The normalized spacial score (nSPS) is 31.1. The van der Waals surface area contributed by atoms with Crippen LogP contribution in [-0.4, -0.2) is 10.7 Å². The Balaban J connectivity index is 1.64. The van der Waals surface area contributed by atoms with Crippen LogP contribution in [-0.2, 0) is 0 Å². The molecule has 0 spiro atoms. The Bertz CT molecular complexity index is 996. The highest BCUT2D eigenvalue weighted by molar-refractivity contribution is 5.50. The molecular weight excluding hydrogens is 328 g/mol. The minimum absolute atomic E-state index is 0.144. The zero-order valence-corrected chi connectivity index (χ0v) is 15.9. The second-order valence-corrected chi connectivity index (χ2v) is 8.08. The van der Waals surface area contributed by atoms with E-state index < -0.39 is 5.60 Å². The number of hydrogen-bond donors (Lipinski definition) is 1. The molecule has 0 radical (unpaired) electrons. The van der Waals surface area contributed by atoms with Gasteiger partial charge in [-0.2, -0.15) is 0 Å². The fourth-order valence-corrected chi connectivity index (χ4v) is 4.54. The SMILES string of the molecule is CC12CCC(O)(C#Cc3ccccc3)C1(C)CC=C2C#Cc1ccccc1. The summed E-state index contributed by atoms with van der Waals surface area (Å²) < 4.78 is 0. The number of allylic oxidation sites excluding steroid dienone is 2. The zero-order chi connectivity index (χ0) is 19.0. The van der Waals surface area contributed by atoms with Crippen LogP contribution in [0.4, 0.5) is 0 Å². The van der Waals surface area contributed by atoms with E-state index in [0.717, 1.165) is 29.5 Å². The third kappa shape index (κ3) is 2.80. The first-order valence-corrected chi connectivity index (χ1v) is 9.55. The lowest BCUT2D eigenvalue weighted by atomic mass is 9.62. The van der Waals surface area contributed by atoms with Crippen LogP contribution in [0.5, 0.6) is 0 Å². The number of aliphatic hydroxyl groups is 1. The molecule has 2 aromatic carbocycles. The van der Waals surface area contributed by atoms with Crippen molar-refractivity contribution in [1.82, 2.24) is 0 Å². The molecule has 3 unspecified atom stereocenters. The molecule has 2 aliphatic carbocycles. The molecule has 27 heavy (non-hydrogen) atoms. The second-order valence-electron chi connectivity index (χ2n) is 8.08. The van der Waals surface area contributed by atoms with Gasteiger partial charge in [0.05, 0.1) is 0 Å². The van der Waals surface area contributed by atoms with E-state index in [9.17, 15) is 5.11 Å². The van der Waals surface area contributed by atoms with Crippen molar-refractivity contribution < 1.29 is 5.11 Å². The van der Waals surface area contributed by atoms with E-state index in [-0.39, 0.29) is 10.8 Å². The maximum absolute atomic E-state index is 11.5. The Hall–Kier alpha value is -2.74. The van der Waals surface area contributed by atoms with Crippen molar-refractivity contribution in [3.63, 3.8) is 0 Å². The average molecular weight is 352 g/mol. The van der Waals surface area contributed by atoms with Gasteiger partial charge in [0.2, 0.25) is 0 Å². The summed E-state index contributed by atoms with van der Waals surface area (Å²) in [6, 6.07) is 20.0. The van der Waals surface area contributed by atoms with Crippen LogP contribution in [0.2, 0.25) is 0 Å². The molecule has 0 bridgehead atoms. The molecular formula is C26H24O. The molecule has 0 aliphatic heterocycles. The van der Waals surface area contributed by atoms with E-state index in [2.05, 4.69) is 43.6 Å². The monoisotopic (exact) mass is 352 g/mol. The smallest absolute Gasteiger partial charge is 0.132 e. The predicted octanol–water partition coefficient (Wildman–Crippen LogP) is 4.96. The van der Waals surface area contributed by atoms with Gasteiger partial charge in [0.1, 0.15) is 5.60 Å². The number of hydrogen-bond acceptors (Lipinski definition) is 1. The van der Waals surface area contributed by atoms with Crippen LogP contribution in [0.15, 0.2) is 72.3 Å². The van der Waals surface area contributed by atoms with Crippen LogP contribution < -0.4 is 0 Å². The minimum Gasteiger partial charge on any atom is -0.377 e. The maximum Gasteiger partial charge on any atom is 0.132 e. The first-order chi connectivity index (χ1) is 13.0. The first-order valence-electron chi connectivity index (χ1n) is 9.55. The Labute approximate surface area is 162 Å². The molecule has 1 heteroatoms. The third-order valence-electron chi connectivity index (χ3n) is 6.73. The van der Waals surface area contributed by atoms with Crippen LogP contribution in [0.25, 0.3) is 0 Å². The quantitative estimate of drug-likeness (QED) is 0.665. The Morgan fingerprint density at radius 1 is 0.778 bits per heavy atom. The van der Waals surface area contributed by atoms with Crippen molar-refractivity contribution in [3.8, 4) is 23.7 Å². The van der Waals surface area contributed by atoms with Gasteiger partial charge in [-0.05, 0) is 43.5 Å². The molecule has 4 rings (SSSR count). The molecule has 2 aliphatic rings. The summed E-state index contributed by atoms with van der Waals surface area (Å²) in [5.74, 6) is 13.1. The van der Waals surface area contributed by atoms with E-state index in [0.29, 0.717) is 6.42 Å². The summed E-state index contributed by atoms with van der Waals surface area (Å²) in [5, 5.41) is 11.5. The third-order valence-corrected chi connectivity index (χ3v) is 6.73. The van der Waals surface area contributed by atoms with Crippen molar-refractivity contribution in [1.29, 1.82) is 0 Å². The van der Waals surface area contributed by atoms with E-state index in [1.165, 1.54) is 0 Å². The topological polar surface area (TPSA) is 20.2 Å². The molecule has 1 N–H and O–H groups in total. The van der Waals surface area contributed by atoms with Crippen molar-refractivity contribution in [2.45, 2.75) is 38.7 Å². The van der Waals surface area contributed by atoms with Gasteiger partial charge in [-0.3, -0.25) is 0 Å². The largest absolute Gasteiger partial charge is 0.377 e. The number of fused-ring (bicyclic) bond motifs is 1. The summed E-state index contributed by atoms with van der Waals surface area (Å²) in [7, 11) is 0. The Kier molecular flexibility index (Phi) is 4.22. The van der Waals surface area contributed by atoms with Gasteiger partial charge >= 0.3 is 0 Å². The first kappa shape index (κ1) is 17.7. The van der Waals surface area contributed by atoms with Gasteiger partial charge in [-0.15, -0.1) is 0 Å². The number of benzene rings is 2. The van der Waals surface area contributed by atoms with Gasteiger partial charge in [-0.25, -0.2) is 0 Å². The molecule has 0 saturated heterocycles. The summed E-state index contributed by atoms with van der Waals surface area (Å²) in [4.78, 5) is 0. The molecule has 0 amide bonds. The summed E-state index contributed by atoms with van der Waals surface area (Å²) >= 11 is 0. The van der Waals surface area contributed by atoms with Crippen molar-refractivity contribution in [2.75, 3.05) is 0 Å². The van der Waals surface area contributed by atoms with E-state index in [1.54, 1.807) is 0 Å². The predicted molar refractivity (Wildman–Crippen MR) is 110 cm³/mol. The van der Waals surface area contributed by atoms with Crippen molar-refractivity contribution in [2.24, 2.45) is 10.8 Å². The minimum atomic E-state index is -0.996. The summed E-state index contributed by atoms with van der Waals surface area (Å²) in [6.45, 7) is 4.42. The van der Waals surface area contributed by atoms with Gasteiger partial charge in [-0.1, -0.05) is 80.0 Å². The lowest BCUT2D eigenvalue weighted by Crippen LogP contribution is -2.46. The van der Waals surface area contributed by atoms with Gasteiger partial charge in [0, 0.05) is 27.5 Å². The molecule has 1 fully saturated rings. The second kappa shape index (κ2) is 6.45. The lowest BCUT2D eigenvalue weighted by Gasteiger charge is -2.42. The highest BCUT2D eigenvalue weighted by Gasteiger charge is 2.65.